The topological polar surface area (TPSA) is 31.4 Å². The summed E-state index contributed by atoms with van der Waals surface area (Å²) in [4.78, 5) is 9.56. The Morgan fingerprint density at radius 3 is 2.57 bits per heavy atom. The van der Waals surface area contributed by atoms with E-state index in [1.165, 1.54) is 0 Å². The van der Waals surface area contributed by atoms with E-state index >= 15 is 0 Å². The fourth-order valence-corrected chi connectivity index (χ4v) is 2.97. The molecule has 0 saturated carbocycles. The number of hydrogen-bond acceptors (Lipinski definition) is 4. The van der Waals surface area contributed by atoms with Crippen LogP contribution in [0.25, 0.3) is 0 Å². The van der Waals surface area contributed by atoms with Crippen LogP contribution < -0.4 is 5.32 Å². The fourth-order valence-electron chi connectivity index (χ4n) is 2.80. The number of likely N-dealkylation sites (N-methyl/N-ethyl adjacent to an activating group) is 1. The lowest BCUT2D eigenvalue weighted by Crippen LogP contribution is -2.54. The summed E-state index contributed by atoms with van der Waals surface area (Å²) in [6.07, 6.45) is 1.09. The van der Waals surface area contributed by atoms with Gasteiger partial charge in [-0.3, -0.25) is 9.80 Å². The van der Waals surface area contributed by atoms with Crippen LogP contribution in [0.15, 0.2) is 12.1 Å². The van der Waals surface area contributed by atoms with Gasteiger partial charge in [0.2, 0.25) is 0 Å². The van der Waals surface area contributed by atoms with Gasteiger partial charge in [-0.15, -0.1) is 0 Å². The van der Waals surface area contributed by atoms with E-state index in [9.17, 15) is 0 Å². The highest BCUT2D eigenvalue weighted by molar-refractivity contribution is 6.31. The molecule has 2 heterocycles. The molecule has 0 radical (unpaired) electrons. The molecule has 1 fully saturated rings. The van der Waals surface area contributed by atoms with Crippen molar-refractivity contribution in [2.45, 2.75) is 45.8 Å². The first-order valence-corrected chi connectivity index (χ1v) is 8.22. The highest BCUT2D eigenvalue weighted by Gasteiger charge is 2.26. The van der Waals surface area contributed by atoms with Crippen molar-refractivity contribution in [3.8, 4) is 0 Å². The lowest BCUT2D eigenvalue weighted by molar-refractivity contribution is 0.0550. The standard InChI is InChI=1S/C16H27ClN4/c1-5-8-18-16-7-6-14(17)15(19-16)11-21-9-12(2)20(4)13(3)10-21/h6-7,12-13H,5,8-11H2,1-4H3,(H,18,19). The molecule has 1 aliphatic rings. The Bertz CT molecular complexity index is 454. The van der Waals surface area contributed by atoms with Crippen LogP contribution in [0.5, 0.6) is 0 Å². The molecule has 2 rings (SSSR count). The number of rotatable bonds is 5. The van der Waals surface area contributed by atoms with E-state index < -0.39 is 0 Å². The number of halogens is 1. The van der Waals surface area contributed by atoms with Gasteiger partial charge in [-0.05, 0) is 39.4 Å². The molecule has 0 bridgehead atoms. The van der Waals surface area contributed by atoms with Crippen molar-refractivity contribution >= 4 is 17.4 Å². The molecule has 2 atom stereocenters. The second-order valence-electron chi connectivity index (χ2n) is 6.11. The van der Waals surface area contributed by atoms with Gasteiger partial charge >= 0.3 is 0 Å². The Labute approximate surface area is 133 Å². The predicted molar refractivity (Wildman–Crippen MR) is 90.0 cm³/mol. The van der Waals surface area contributed by atoms with Gasteiger partial charge in [0.15, 0.2) is 0 Å². The zero-order valence-electron chi connectivity index (χ0n) is 13.6. The molecular weight excluding hydrogens is 284 g/mol. The maximum Gasteiger partial charge on any atom is 0.126 e. The number of nitrogens with one attached hydrogen (secondary N) is 1. The van der Waals surface area contributed by atoms with Crippen LogP contribution in [-0.4, -0.2) is 53.5 Å². The molecule has 2 unspecified atom stereocenters. The minimum Gasteiger partial charge on any atom is -0.370 e. The zero-order chi connectivity index (χ0) is 15.4. The van der Waals surface area contributed by atoms with Gasteiger partial charge in [-0.2, -0.15) is 0 Å². The van der Waals surface area contributed by atoms with Gasteiger partial charge in [-0.1, -0.05) is 18.5 Å². The average Bonchev–Trinajstić information content (AvgIpc) is 2.45. The summed E-state index contributed by atoms with van der Waals surface area (Å²) in [5.41, 5.74) is 0.974. The van der Waals surface area contributed by atoms with Crippen molar-refractivity contribution in [2.75, 3.05) is 32.0 Å². The van der Waals surface area contributed by atoms with Gasteiger partial charge < -0.3 is 5.32 Å². The van der Waals surface area contributed by atoms with Gasteiger partial charge in [0.25, 0.3) is 0 Å². The molecule has 0 aliphatic carbocycles. The number of anilines is 1. The van der Waals surface area contributed by atoms with Gasteiger partial charge in [0.1, 0.15) is 5.82 Å². The molecule has 118 valence electrons. The third-order valence-electron chi connectivity index (χ3n) is 4.28. The van der Waals surface area contributed by atoms with E-state index in [1.807, 2.05) is 12.1 Å². The van der Waals surface area contributed by atoms with Crippen molar-refractivity contribution in [2.24, 2.45) is 0 Å². The van der Waals surface area contributed by atoms with E-state index in [1.54, 1.807) is 0 Å². The first kappa shape index (κ1) is 16.5. The quantitative estimate of drug-likeness (QED) is 0.905. The summed E-state index contributed by atoms with van der Waals surface area (Å²) in [7, 11) is 2.20. The average molecular weight is 311 g/mol. The van der Waals surface area contributed by atoms with E-state index in [4.69, 9.17) is 11.6 Å². The zero-order valence-corrected chi connectivity index (χ0v) is 14.3. The number of aromatic nitrogens is 1. The number of hydrogen-bond donors (Lipinski definition) is 1. The van der Waals surface area contributed by atoms with E-state index in [0.29, 0.717) is 12.1 Å². The maximum atomic E-state index is 6.32. The summed E-state index contributed by atoms with van der Waals surface area (Å²) >= 11 is 6.32. The van der Waals surface area contributed by atoms with Crippen molar-refractivity contribution < 1.29 is 0 Å². The first-order chi connectivity index (χ1) is 10.0. The molecule has 0 spiro atoms. The van der Waals surface area contributed by atoms with E-state index in [-0.39, 0.29) is 0 Å². The Morgan fingerprint density at radius 2 is 1.95 bits per heavy atom. The van der Waals surface area contributed by atoms with Crippen LogP contribution in [0, 0.1) is 0 Å². The lowest BCUT2D eigenvalue weighted by Gasteiger charge is -2.42. The molecule has 5 heteroatoms. The van der Waals surface area contributed by atoms with Crippen molar-refractivity contribution in [3.63, 3.8) is 0 Å². The lowest BCUT2D eigenvalue weighted by atomic mass is 10.1. The molecule has 1 aromatic heterocycles. The van der Waals surface area contributed by atoms with Gasteiger partial charge in [0, 0.05) is 38.3 Å². The molecule has 0 amide bonds. The summed E-state index contributed by atoms with van der Waals surface area (Å²) in [5.74, 6) is 0.923. The first-order valence-electron chi connectivity index (χ1n) is 7.84. The third kappa shape index (κ3) is 4.31. The number of nitrogens with zero attached hydrogens (tertiary/aromatic N) is 3. The second-order valence-corrected chi connectivity index (χ2v) is 6.52. The minimum atomic E-state index is 0.564. The molecule has 0 aromatic carbocycles. The minimum absolute atomic E-state index is 0.564. The number of pyridine rings is 1. The normalized spacial score (nSPS) is 24.2. The second kappa shape index (κ2) is 7.43. The molecule has 1 aliphatic heterocycles. The van der Waals surface area contributed by atoms with E-state index in [2.05, 4.69) is 47.9 Å². The predicted octanol–water partition coefficient (Wildman–Crippen LogP) is 3.08. The Balaban J connectivity index is 2.04. The fraction of sp³-hybridized carbons (Fsp3) is 0.688. The summed E-state index contributed by atoms with van der Waals surface area (Å²) in [6.45, 7) is 10.6. The van der Waals surface area contributed by atoms with Crippen molar-refractivity contribution in [1.82, 2.24) is 14.8 Å². The largest absolute Gasteiger partial charge is 0.370 e. The molecule has 1 saturated heterocycles. The van der Waals surface area contributed by atoms with Gasteiger partial charge in [-0.25, -0.2) is 4.98 Å². The summed E-state index contributed by atoms with van der Waals surface area (Å²) in [5, 5.41) is 4.09. The summed E-state index contributed by atoms with van der Waals surface area (Å²) < 4.78 is 0. The van der Waals surface area contributed by atoms with E-state index in [0.717, 1.165) is 49.1 Å². The third-order valence-corrected chi connectivity index (χ3v) is 4.63. The summed E-state index contributed by atoms with van der Waals surface area (Å²) in [6, 6.07) is 5.03. The van der Waals surface area contributed by atoms with Crippen molar-refractivity contribution in [1.29, 1.82) is 0 Å². The Morgan fingerprint density at radius 1 is 1.29 bits per heavy atom. The van der Waals surface area contributed by atoms with Gasteiger partial charge in [0.05, 0.1) is 10.7 Å². The highest BCUT2D eigenvalue weighted by atomic mass is 35.5. The molecule has 1 aromatic rings. The number of piperazine rings is 1. The smallest absolute Gasteiger partial charge is 0.126 e. The maximum absolute atomic E-state index is 6.32. The van der Waals surface area contributed by atoms with Crippen LogP contribution in [0.4, 0.5) is 5.82 Å². The van der Waals surface area contributed by atoms with Crippen LogP contribution in [0.1, 0.15) is 32.9 Å². The van der Waals surface area contributed by atoms with Crippen LogP contribution in [0.3, 0.4) is 0 Å². The molecule has 21 heavy (non-hydrogen) atoms. The Hall–Kier alpha value is -0.840. The molecule has 4 nitrogen and oxygen atoms in total. The van der Waals surface area contributed by atoms with Crippen LogP contribution >= 0.6 is 11.6 Å². The van der Waals surface area contributed by atoms with Crippen LogP contribution in [0.2, 0.25) is 5.02 Å². The van der Waals surface area contributed by atoms with Crippen LogP contribution in [-0.2, 0) is 6.54 Å². The SMILES string of the molecule is CCCNc1ccc(Cl)c(CN2CC(C)N(C)C(C)C2)n1. The highest BCUT2D eigenvalue weighted by Crippen LogP contribution is 2.21. The monoisotopic (exact) mass is 310 g/mol. The Kier molecular flexibility index (Phi) is 5.85. The molecular formula is C16H27ClN4. The molecule has 1 N–H and O–H groups in total. The van der Waals surface area contributed by atoms with Crippen molar-refractivity contribution in [3.05, 3.63) is 22.8 Å².